The third-order valence-electron chi connectivity index (χ3n) is 6.64. The maximum absolute atomic E-state index is 12.8. The van der Waals surface area contributed by atoms with Crippen LogP contribution in [0.2, 0.25) is 0 Å². The van der Waals surface area contributed by atoms with Gasteiger partial charge in [0.15, 0.2) is 0 Å². The van der Waals surface area contributed by atoms with Gasteiger partial charge < -0.3 is 20.7 Å². The zero-order chi connectivity index (χ0) is 25.9. The number of aromatic nitrogens is 1. The highest BCUT2D eigenvalue weighted by Crippen LogP contribution is 2.36. The average Bonchev–Trinajstić information content (AvgIpc) is 3.17. The van der Waals surface area contributed by atoms with Crippen LogP contribution >= 0.6 is 0 Å². The predicted molar refractivity (Wildman–Crippen MR) is 142 cm³/mol. The number of aliphatic hydroxyl groups excluding tert-OH is 1. The van der Waals surface area contributed by atoms with E-state index in [1.165, 1.54) is 22.3 Å². The fraction of sp³-hybridized carbons (Fsp3) is 0.448. The van der Waals surface area contributed by atoms with Crippen molar-refractivity contribution in [3.63, 3.8) is 0 Å². The SMILES string of the molecule is C=CC(C)(C)c1[nH]c2c(CC=C(C)C)cc(CC=C(C)C)cc2c1C[C@@H]1NC(=O)[C@H](CO)NC1=O. The molecule has 2 atom stereocenters. The molecule has 0 saturated carbocycles. The fourth-order valence-electron chi connectivity index (χ4n) is 4.42. The minimum absolute atomic E-state index is 0.286. The fourth-order valence-corrected chi connectivity index (χ4v) is 4.42. The molecule has 1 fully saturated rings. The summed E-state index contributed by atoms with van der Waals surface area (Å²) in [6.07, 6.45) is 8.32. The molecule has 0 radical (unpaired) electrons. The van der Waals surface area contributed by atoms with Gasteiger partial charge in [-0.2, -0.15) is 0 Å². The lowest BCUT2D eigenvalue weighted by Crippen LogP contribution is -2.63. The van der Waals surface area contributed by atoms with Crippen molar-refractivity contribution >= 4 is 22.7 Å². The van der Waals surface area contributed by atoms with Crippen LogP contribution in [0.3, 0.4) is 0 Å². The molecule has 4 N–H and O–H groups in total. The molecule has 2 aromatic rings. The van der Waals surface area contributed by atoms with Crippen molar-refractivity contribution in [1.82, 2.24) is 15.6 Å². The van der Waals surface area contributed by atoms with Gasteiger partial charge in [-0.3, -0.25) is 9.59 Å². The third-order valence-corrected chi connectivity index (χ3v) is 6.64. The van der Waals surface area contributed by atoms with Crippen LogP contribution in [-0.2, 0) is 34.3 Å². The molecule has 2 amide bonds. The van der Waals surface area contributed by atoms with Gasteiger partial charge in [-0.1, -0.05) is 49.3 Å². The zero-order valence-corrected chi connectivity index (χ0v) is 21.8. The molecule has 6 nitrogen and oxygen atoms in total. The summed E-state index contributed by atoms with van der Waals surface area (Å²) in [4.78, 5) is 28.9. The van der Waals surface area contributed by atoms with E-state index in [-0.39, 0.29) is 17.2 Å². The Hall–Kier alpha value is -3.12. The summed E-state index contributed by atoms with van der Waals surface area (Å²) in [5.41, 5.74) is 7.61. The van der Waals surface area contributed by atoms with Crippen LogP contribution in [0.4, 0.5) is 0 Å². The van der Waals surface area contributed by atoms with Crippen molar-refractivity contribution in [2.24, 2.45) is 0 Å². The van der Waals surface area contributed by atoms with Crippen molar-refractivity contribution in [2.45, 2.75) is 78.3 Å². The molecule has 35 heavy (non-hydrogen) atoms. The predicted octanol–water partition coefficient (Wildman–Crippen LogP) is 4.17. The molecule has 0 aliphatic carbocycles. The summed E-state index contributed by atoms with van der Waals surface area (Å²) >= 11 is 0. The van der Waals surface area contributed by atoms with Crippen LogP contribution in [-0.4, -0.2) is 40.6 Å². The monoisotopic (exact) mass is 477 g/mol. The first-order chi connectivity index (χ1) is 16.5. The number of hydrogen-bond donors (Lipinski definition) is 4. The molecule has 1 aliphatic heterocycles. The number of aromatic amines is 1. The second-order valence-corrected chi connectivity index (χ2v) is 10.6. The number of aliphatic hydroxyl groups is 1. The van der Waals surface area contributed by atoms with Gasteiger partial charge in [0.05, 0.1) is 6.61 Å². The van der Waals surface area contributed by atoms with Gasteiger partial charge in [0.1, 0.15) is 12.1 Å². The molecule has 1 aromatic carbocycles. The van der Waals surface area contributed by atoms with Crippen molar-refractivity contribution in [3.05, 3.63) is 70.5 Å². The molecule has 2 heterocycles. The highest BCUT2D eigenvalue weighted by molar-refractivity contribution is 5.98. The van der Waals surface area contributed by atoms with E-state index in [9.17, 15) is 14.7 Å². The van der Waals surface area contributed by atoms with Gasteiger partial charge in [0, 0.05) is 28.4 Å². The van der Waals surface area contributed by atoms with Crippen LogP contribution < -0.4 is 10.6 Å². The Kier molecular flexibility index (Phi) is 8.06. The number of fused-ring (bicyclic) bond motifs is 1. The number of allylic oxidation sites excluding steroid dienone is 5. The number of hydrogen-bond acceptors (Lipinski definition) is 3. The largest absolute Gasteiger partial charge is 0.394 e. The lowest BCUT2D eigenvalue weighted by molar-refractivity contribution is -0.137. The summed E-state index contributed by atoms with van der Waals surface area (Å²) in [6.45, 7) is 16.2. The van der Waals surface area contributed by atoms with Gasteiger partial charge in [-0.05, 0) is 63.3 Å². The van der Waals surface area contributed by atoms with Gasteiger partial charge in [0.2, 0.25) is 11.8 Å². The number of carbonyl (C=O) groups is 2. The van der Waals surface area contributed by atoms with Gasteiger partial charge in [0.25, 0.3) is 0 Å². The first-order valence-corrected chi connectivity index (χ1v) is 12.3. The van der Waals surface area contributed by atoms with Crippen LogP contribution in [0, 0.1) is 0 Å². The molecule has 1 aromatic heterocycles. The number of amides is 2. The van der Waals surface area contributed by atoms with Gasteiger partial charge in [-0.25, -0.2) is 0 Å². The summed E-state index contributed by atoms with van der Waals surface area (Å²) in [5.74, 6) is -0.652. The Balaban J connectivity index is 2.20. The zero-order valence-electron chi connectivity index (χ0n) is 21.8. The Morgan fingerprint density at radius 1 is 1.00 bits per heavy atom. The molecule has 0 spiro atoms. The Morgan fingerprint density at radius 2 is 1.60 bits per heavy atom. The molecule has 6 heteroatoms. The molecular formula is C29H39N3O3. The first kappa shape index (κ1) is 26.5. The van der Waals surface area contributed by atoms with E-state index in [1.54, 1.807) is 0 Å². The Labute approximate surface area is 208 Å². The van der Waals surface area contributed by atoms with E-state index in [0.717, 1.165) is 35.0 Å². The van der Waals surface area contributed by atoms with E-state index in [1.807, 2.05) is 6.08 Å². The highest BCUT2D eigenvalue weighted by atomic mass is 16.3. The third kappa shape index (κ3) is 5.93. The highest BCUT2D eigenvalue weighted by Gasteiger charge is 2.35. The number of rotatable bonds is 9. The summed E-state index contributed by atoms with van der Waals surface area (Å²) in [5, 5.41) is 15.9. The smallest absolute Gasteiger partial charge is 0.245 e. The Morgan fingerprint density at radius 3 is 2.20 bits per heavy atom. The number of H-pyrrole nitrogens is 1. The maximum Gasteiger partial charge on any atom is 0.245 e. The molecule has 1 aliphatic rings. The summed E-state index contributed by atoms with van der Waals surface area (Å²) in [6, 6.07) is 2.84. The lowest BCUT2D eigenvalue weighted by Gasteiger charge is -2.29. The molecular weight excluding hydrogens is 438 g/mol. The van der Waals surface area contributed by atoms with Crippen molar-refractivity contribution in [2.75, 3.05) is 6.61 Å². The van der Waals surface area contributed by atoms with Gasteiger partial charge >= 0.3 is 0 Å². The summed E-state index contributed by atoms with van der Waals surface area (Å²) in [7, 11) is 0. The second-order valence-electron chi connectivity index (χ2n) is 10.6. The quantitative estimate of drug-likeness (QED) is 0.409. The van der Waals surface area contributed by atoms with E-state index in [0.29, 0.717) is 6.42 Å². The minimum atomic E-state index is -0.905. The molecule has 0 bridgehead atoms. The van der Waals surface area contributed by atoms with Crippen LogP contribution in [0.15, 0.2) is 48.1 Å². The molecule has 0 unspecified atom stereocenters. The first-order valence-electron chi connectivity index (χ1n) is 12.3. The molecule has 188 valence electrons. The van der Waals surface area contributed by atoms with Crippen molar-refractivity contribution in [1.29, 1.82) is 0 Å². The number of carbonyl (C=O) groups excluding carboxylic acids is 2. The number of nitrogens with one attached hydrogen (secondary N) is 3. The molecule has 1 saturated heterocycles. The van der Waals surface area contributed by atoms with E-state index >= 15 is 0 Å². The van der Waals surface area contributed by atoms with Crippen LogP contribution in [0.25, 0.3) is 10.9 Å². The molecule has 3 rings (SSSR count). The summed E-state index contributed by atoms with van der Waals surface area (Å²) < 4.78 is 0. The minimum Gasteiger partial charge on any atom is -0.394 e. The normalized spacial score (nSPS) is 18.1. The van der Waals surface area contributed by atoms with E-state index in [4.69, 9.17) is 0 Å². The van der Waals surface area contributed by atoms with Gasteiger partial charge in [-0.15, -0.1) is 6.58 Å². The lowest BCUT2D eigenvalue weighted by atomic mass is 9.84. The van der Waals surface area contributed by atoms with Crippen molar-refractivity contribution < 1.29 is 14.7 Å². The van der Waals surface area contributed by atoms with Crippen molar-refractivity contribution in [3.8, 4) is 0 Å². The van der Waals surface area contributed by atoms with Crippen LogP contribution in [0.1, 0.15) is 63.9 Å². The van der Waals surface area contributed by atoms with E-state index in [2.05, 4.69) is 88.0 Å². The number of benzene rings is 1. The number of piperazine rings is 1. The second kappa shape index (κ2) is 10.6. The average molecular weight is 478 g/mol. The topological polar surface area (TPSA) is 94.2 Å². The van der Waals surface area contributed by atoms with Crippen LogP contribution in [0.5, 0.6) is 0 Å². The van der Waals surface area contributed by atoms with E-state index < -0.39 is 18.7 Å². The standard InChI is InChI=1S/C29H39N3O3/c1-8-29(6,7)26-22(15-23-27(34)31-24(16-33)28(35)30-23)21-14-19(11-9-17(2)3)13-20(25(21)32-26)12-10-18(4)5/h8-10,13-14,23-24,32-33H,1,11-12,15-16H2,2-7H3,(H,30,35)(H,31,34)/t23-,24-/m0/s1. The Bertz CT molecular complexity index is 1190. The maximum atomic E-state index is 12.8.